The van der Waals surface area contributed by atoms with E-state index in [1.54, 1.807) is 12.4 Å². The number of fused-ring (bicyclic) bond motifs is 2. The van der Waals surface area contributed by atoms with Gasteiger partial charge in [0.2, 0.25) is 6.79 Å². The molecule has 0 saturated heterocycles. The van der Waals surface area contributed by atoms with E-state index in [9.17, 15) is 0 Å². The van der Waals surface area contributed by atoms with Gasteiger partial charge in [-0.25, -0.2) is 0 Å². The molecule has 0 atom stereocenters. The molecule has 5 heteroatoms. The Kier molecular flexibility index (Phi) is 3.08. The van der Waals surface area contributed by atoms with E-state index in [2.05, 4.69) is 15.5 Å². The lowest BCUT2D eigenvalue weighted by Gasteiger charge is -2.04. The van der Waals surface area contributed by atoms with Crippen molar-refractivity contribution in [3.05, 3.63) is 60.3 Å². The Morgan fingerprint density at radius 2 is 1.95 bits per heavy atom. The highest BCUT2D eigenvalue weighted by Crippen LogP contribution is 2.32. The van der Waals surface area contributed by atoms with Gasteiger partial charge in [0, 0.05) is 11.6 Å². The van der Waals surface area contributed by atoms with Crippen molar-refractivity contribution in [2.45, 2.75) is 0 Å². The summed E-state index contributed by atoms with van der Waals surface area (Å²) in [6, 6.07) is 15.6. The molecule has 0 bridgehead atoms. The van der Waals surface area contributed by atoms with Gasteiger partial charge in [0.15, 0.2) is 11.5 Å². The monoisotopic (exact) mass is 291 g/mol. The Balaban J connectivity index is 1.56. The Morgan fingerprint density at radius 1 is 1.05 bits per heavy atom. The molecule has 1 aliphatic rings. The summed E-state index contributed by atoms with van der Waals surface area (Å²) in [6.45, 7) is 0.274. The number of nitrogens with zero attached hydrogens (tertiary/aromatic N) is 2. The second-order valence-corrected chi connectivity index (χ2v) is 4.86. The number of anilines is 1. The number of hydrogen-bond acceptors (Lipinski definition) is 5. The topological polar surface area (TPSA) is 55.7 Å². The van der Waals surface area contributed by atoms with Crippen molar-refractivity contribution < 1.29 is 9.47 Å². The summed E-state index contributed by atoms with van der Waals surface area (Å²) in [6.07, 6.45) is 3.51. The van der Waals surface area contributed by atoms with Gasteiger partial charge in [0.05, 0.1) is 17.4 Å². The van der Waals surface area contributed by atoms with E-state index in [-0.39, 0.29) is 6.79 Å². The van der Waals surface area contributed by atoms with Gasteiger partial charge >= 0.3 is 0 Å². The predicted molar refractivity (Wildman–Crippen MR) is 85.5 cm³/mol. The summed E-state index contributed by atoms with van der Waals surface area (Å²) in [5.74, 6) is 1.51. The fourth-order valence-corrected chi connectivity index (χ4v) is 2.36. The van der Waals surface area contributed by atoms with E-state index >= 15 is 0 Å². The Labute approximate surface area is 127 Å². The van der Waals surface area contributed by atoms with Crippen molar-refractivity contribution in [1.29, 1.82) is 0 Å². The summed E-state index contributed by atoms with van der Waals surface area (Å²) < 4.78 is 10.6. The first-order valence-electron chi connectivity index (χ1n) is 6.93. The zero-order chi connectivity index (χ0) is 14.8. The maximum absolute atomic E-state index is 5.35. The van der Waals surface area contributed by atoms with Crippen molar-refractivity contribution in [2.24, 2.45) is 5.10 Å². The van der Waals surface area contributed by atoms with Gasteiger partial charge in [-0.2, -0.15) is 5.10 Å². The number of ether oxygens (including phenoxy) is 2. The number of rotatable bonds is 3. The third kappa shape index (κ3) is 2.33. The second-order valence-electron chi connectivity index (χ2n) is 4.86. The molecule has 1 aromatic heterocycles. The fraction of sp³-hybridized carbons (Fsp3) is 0.0588. The molecular formula is C17H13N3O2. The molecule has 0 aliphatic carbocycles. The Hall–Kier alpha value is -3.08. The van der Waals surface area contributed by atoms with Crippen molar-refractivity contribution >= 4 is 22.8 Å². The number of pyridine rings is 1. The van der Waals surface area contributed by atoms with Gasteiger partial charge in [-0.05, 0) is 35.9 Å². The van der Waals surface area contributed by atoms with Crippen LogP contribution in [0.5, 0.6) is 11.5 Å². The van der Waals surface area contributed by atoms with Gasteiger partial charge in [-0.15, -0.1) is 0 Å². The quantitative estimate of drug-likeness (QED) is 0.593. The van der Waals surface area contributed by atoms with Crippen LogP contribution >= 0.6 is 0 Å². The maximum atomic E-state index is 5.35. The van der Waals surface area contributed by atoms with Crippen LogP contribution in [0.3, 0.4) is 0 Å². The molecule has 1 aliphatic heterocycles. The first kappa shape index (κ1) is 12.6. The van der Waals surface area contributed by atoms with E-state index < -0.39 is 0 Å². The average molecular weight is 291 g/mol. The molecule has 2 aromatic carbocycles. The van der Waals surface area contributed by atoms with Gasteiger partial charge in [0.1, 0.15) is 0 Å². The largest absolute Gasteiger partial charge is 0.454 e. The van der Waals surface area contributed by atoms with Crippen LogP contribution < -0.4 is 14.9 Å². The smallest absolute Gasteiger partial charge is 0.231 e. The zero-order valence-electron chi connectivity index (χ0n) is 11.7. The van der Waals surface area contributed by atoms with E-state index in [1.165, 1.54) is 0 Å². The van der Waals surface area contributed by atoms with Crippen LogP contribution in [-0.2, 0) is 0 Å². The van der Waals surface area contributed by atoms with Crippen LogP contribution in [0.25, 0.3) is 10.9 Å². The van der Waals surface area contributed by atoms with E-state index in [4.69, 9.17) is 9.47 Å². The van der Waals surface area contributed by atoms with Crippen LogP contribution in [0.4, 0.5) is 5.69 Å². The molecule has 1 N–H and O–H groups in total. The van der Waals surface area contributed by atoms with E-state index in [0.717, 1.165) is 33.7 Å². The van der Waals surface area contributed by atoms with Crippen LogP contribution in [0.15, 0.2) is 59.8 Å². The molecule has 0 amide bonds. The highest BCUT2D eigenvalue weighted by Gasteiger charge is 2.12. The van der Waals surface area contributed by atoms with Gasteiger partial charge in [0.25, 0.3) is 0 Å². The molecule has 22 heavy (non-hydrogen) atoms. The summed E-state index contributed by atoms with van der Waals surface area (Å²) in [5, 5.41) is 5.35. The number of benzene rings is 2. The van der Waals surface area contributed by atoms with Gasteiger partial charge in [-0.3, -0.25) is 10.4 Å². The van der Waals surface area contributed by atoms with Crippen LogP contribution in [0, 0.1) is 0 Å². The molecule has 108 valence electrons. The average Bonchev–Trinajstić information content (AvgIpc) is 3.03. The third-order valence-electron chi connectivity index (χ3n) is 3.43. The van der Waals surface area contributed by atoms with Crippen LogP contribution in [0.1, 0.15) is 5.56 Å². The standard InChI is InChI=1S/C17H13N3O2/c1-3-13-4-2-8-18-17(13)14(5-1)20-19-10-12-6-7-15-16(9-12)22-11-21-15/h1-10,20H,11H2. The second kappa shape index (κ2) is 5.37. The van der Waals surface area contributed by atoms with Gasteiger partial charge < -0.3 is 9.47 Å². The molecule has 5 nitrogen and oxygen atoms in total. The molecule has 0 fully saturated rings. The fourth-order valence-electron chi connectivity index (χ4n) is 2.36. The summed E-state index contributed by atoms with van der Waals surface area (Å²) in [5.41, 5.74) is 5.74. The molecule has 3 aromatic rings. The molecular weight excluding hydrogens is 278 g/mol. The lowest BCUT2D eigenvalue weighted by Crippen LogP contribution is -1.93. The number of aromatic nitrogens is 1. The van der Waals surface area contributed by atoms with Crippen LogP contribution in [-0.4, -0.2) is 18.0 Å². The molecule has 0 spiro atoms. The molecule has 4 rings (SSSR count). The molecule has 0 unspecified atom stereocenters. The minimum atomic E-state index is 0.274. The van der Waals surface area contributed by atoms with Crippen molar-refractivity contribution in [2.75, 3.05) is 12.2 Å². The predicted octanol–water partition coefficient (Wildman–Crippen LogP) is 3.41. The normalized spacial score (nSPS) is 12.9. The van der Waals surface area contributed by atoms with E-state index in [0.29, 0.717) is 0 Å². The number of hydrazone groups is 1. The number of nitrogens with one attached hydrogen (secondary N) is 1. The maximum Gasteiger partial charge on any atom is 0.231 e. The first-order valence-corrected chi connectivity index (χ1v) is 6.93. The number of hydrogen-bond donors (Lipinski definition) is 1. The lowest BCUT2D eigenvalue weighted by molar-refractivity contribution is 0.174. The summed E-state index contributed by atoms with van der Waals surface area (Å²) in [7, 11) is 0. The van der Waals surface area contributed by atoms with Gasteiger partial charge in [-0.1, -0.05) is 18.2 Å². The van der Waals surface area contributed by atoms with Crippen LogP contribution in [0.2, 0.25) is 0 Å². The molecule has 0 radical (unpaired) electrons. The highest BCUT2D eigenvalue weighted by molar-refractivity contribution is 5.90. The van der Waals surface area contributed by atoms with Crippen molar-refractivity contribution in [3.8, 4) is 11.5 Å². The number of para-hydroxylation sites is 1. The lowest BCUT2D eigenvalue weighted by atomic mass is 10.2. The Morgan fingerprint density at radius 3 is 2.95 bits per heavy atom. The SMILES string of the molecule is C(=NNc1cccc2cccnc12)c1ccc2c(c1)OCO2. The minimum Gasteiger partial charge on any atom is -0.454 e. The summed E-state index contributed by atoms with van der Waals surface area (Å²) in [4.78, 5) is 4.38. The third-order valence-corrected chi connectivity index (χ3v) is 3.43. The zero-order valence-corrected chi connectivity index (χ0v) is 11.7. The summed E-state index contributed by atoms with van der Waals surface area (Å²) >= 11 is 0. The Bertz CT molecular complexity index is 856. The minimum absolute atomic E-state index is 0.274. The van der Waals surface area contributed by atoms with E-state index in [1.807, 2.05) is 48.5 Å². The molecule has 2 heterocycles. The van der Waals surface area contributed by atoms with Crippen molar-refractivity contribution in [1.82, 2.24) is 4.98 Å². The van der Waals surface area contributed by atoms with Crippen molar-refractivity contribution in [3.63, 3.8) is 0 Å². The first-order chi connectivity index (χ1) is 10.9. The highest BCUT2D eigenvalue weighted by atomic mass is 16.7. The molecule has 0 saturated carbocycles.